The average Bonchev–Trinajstić information content (AvgIpc) is 2.40. The van der Waals surface area contributed by atoms with Crippen molar-refractivity contribution in [3.8, 4) is 0 Å². The van der Waals surface area contributed by atoms with Crippen molar-refractivity contribution in [1.82, 2.24) is 15.6 Å². The fraction of sp³-hybridized carbons (Fsp3) is 0.571. The molecule has 0 bridgehead atoms. The van der Waals surface area contributed by atoms with E-state index in [1.165, 1.54) is 13.0 Å². The Morgan fingerprint density at radius 2 is 2.14 bits per heavy atom. The normalized spacial score (nSPS) is 22.9. The van der Waals surface area contributed by atoms with Gasteiger partial charge in [0.2, 0.25) is 0 Å². The Kier molecular flexibility index (Phi) is 4.51. The van der Waals surface area contributed by atoms with E-state index in [4.69, 9.17) is 0 Å². The van der Waals surface area contributed by atoms with Crippen molar-refractivity contribution in [2.75, 3.05) is 13.1 Å². The molecule has 2 N–H and O–H groups in total. The topological polar surface area (TPSA) is 54.0 Å². The van der Waals surface area contributed by atoms with Crippen molar-refractivity contribution in [3.63, 3.8) is 0 Å². The molecule has 1 aliphatic heterocycles. The van der Waals surface area contributed by atoms with Crippen molar-refractivity contribution in [2.24, 2.45) is 5.92 Å². The third kappa shape index (κ3) is 3.72. The van der Waals surface area contributed by atoms with Gasteiger partial charge in [-0.05, 0) is 37.9 Å². The molecular weight excluding hydrogens is 283 g/mol. The first-order valence-electron chi connectivity index (χ1n) is 6.85. The van der Waals surface area contributed by atoms with Crippen molar-refractivity contribution in [2.45, 2.75) is 32.5 Å². The van der Waals surface area contributed by atoms with Crippen molar-refractivity contribution in [1.29, 1.82) is 0 Å². The summed E-state index contributed by atoms with van der Waals surface area (Å²) in [4.78, 5) is 15.7. The fourth-order valence-corrected chi connectivity index (χ4v) is 2.39. The second kappa shape index (κ2) is 6.01. The number of rotatable bonds is 2. The summed E-state index contributed by atoms with van der Waals surface area (Å²) in [6.45, 7) is 5.03. The maximum absolute atomic E-state index is 12.6. The molecule has 2 heterocycles. The minimum absolute atomic E-state index is 0.0204. The molecule has 0 radical (unpaired) electrons. The maximum atomic E-state index is 12.6. The number of alkyl halides is 3. The highest BCUT2D eigenvalue weighted by molar-refractivity contribution is 5.95. The lowest BCUT2D eigenvalue weighted by Gasteiger charge is -2.30. The van der Waals surface area contributed by atoms with E-state index in [0.717, 1.165) is 19.0 Å². The number of amides is 1. The Labute approximate surface area is 121 Å². The molecular formula is C14H18F3N3O. The Morgan fingerprint density at radius 1 is 1.43 bits per heavy atom. The number of aromatic nitrogens is 1. The van der Waals surface area contributed by atoms with Crippen molar-refractivity contribution in [3.05, 3.63) is 29.1 Å². The minimum atomic E-state index is -4.50. The number of nitrogens with one attached hydrogen (secondary N) is 2. The quantitative estimate of drug-likeness (QED) is 0.880. The molecule has 0 saturated carbocycles. The zero-order valence-electron chi connectivity index (χ0n) is 11.9. The van der Waals surface area contributed by atoms with Gasteiger partial charge in [-0.25, -0.2) is 4.98 Å². The van der Waals surface area contributed by atoms with Gasteiger partial charge < -0.3 is 10.6 Å². The lowest BCUT2D eigenvalue weighted by atomic mass is 9.94. The molecule has 1 amide bonds. The molecule has 1 aromatic heterocycles. The molecule has 1 aromatic rings. The highest BCUT2D eigenvalue weighted by Gasteiger charge is 2.33. The molecule has 1 saturated heterocycles. The molecule has 0 spiro atoms. The Bertz CT molecular complexity index is 531. The number of nitrogens with zero attached hydrogens (tertiary/aromatic N) is 1. The van der Waals surface area contributed by atoms with Crippen LogP contribution in [0.3, 0.4) is 0 Å². The van der Waals surface area contributed by atoms with E-state index in [-0.39, 0.29) is 23.2 Å². The molecule has 0 aliphatic carbocycles. The van der Waals surface area contributed by atoms with Gasteiger partial charge in [-0.2, -0.15) is 13.2 Å². The molecule has 1 aliphatic rings. The van der Waals surface area contributed by atoms with Gasteiger partial charge in [0.15, 0.2) is 0 Å². The number of piperidine rings is 1. The highest BCUT2D eigenvalue weighted by Crippen LogP contribution is 2.28. The summed E-state index contributed by atoms with van der Waals surface area (Å²) in [5.41, 5.74) is -0.719. The van der Waals surface area contributed by atoms with Crippen molar-refractivity contribution < 1.29 is 18.0 Å². The van der Waals surface area contributed by atoms with Crippen LogP contribution in [0.15, 0.2) is 12.1 Å². The molecule has 2 rings (SSSR count). The van der Waals surface area contributed by atoms with E-state index < -0.39 is 11.9 Å². The van der Waals surface area contributed by atoms with Gasteiger partial charge in [-0.15, -0.1) is 0 Å². The SMILES string of the molecule is Cc1nc(C(F)(F)F)ccc1C(=O)NC1CNCCC1C. The number of carbonyl (C=O) groups is 1. The van der Waals surface area contributed by atoms with Crippen LogP contribution in [0.4, 0.5) is 13.2 Å². The number of hydrogen-bond acceptors (Lipinski definition) is 3. The summed E-state index contributed by atoms with van der Waals surface area (Å²) >= 11 is 0. The first-order valence-corrected chi connectivity index (χ1v) is 6.85. The van der Waals surface area contributed by atoms with Gasteiger partial charge in [0.25, 0.3) is 5.91 Å². The minimum Gasteiger partial charge on any atom is -0.348 e. The van der Waals surface area contributed by atoms with E-state index in [0.29, 0.717) is 12.5 Å². The molecule has 2 unspecified atom stereocenters. The first kappa shape index (κ1) is 15.8. The van der Waals surface area contributed by atoms with Crippen LogP contribution >= 0.6 is 0 Å². The van der Waals surface area contributed by atoms with Crippen LogP contribution in [0.25, 0.3) is 0 Å². The Balaban J connectivity index is 2.12. The predicted octanol–water partition coefficient (Wildman–Crippen LogP) is 2.14. The number of aryl methyl sites for hydroxylation is 1. The summed E-state index contributed by atoms with van der Waals surface area (Å²) < 4.78 is 37.7. The monoisotopic (exact) mass is 301 g/mol. The molecule has 7 heteroatoms. The van der Waals surface area contributed by atoms with Gasteiger partial charge in [0.1, 0.15) is 5.69 Å². The van der Waals surface area contributed by atoms with Gasteiger partial charge in [0.05, 0.1) is 11.3 Å². The highest BCUT2D eigenvalue weighted by atomic mass is 19.4. The first-order chi connectivity index (χ1) is 9.79. The molecule has 116 valence electrons. The van der Waals surface area contributed by atoms with Crippen LogP contribution in [0.1, 0.15) is 35.1 Å². The second-order valence-corrected chi connectivity index (χ2v) is 5.38. The zero-order chi connectivity index (χ0) is 15.6. The molecule has 1 fully saturated rings. The van der Waals surface area contributed by atoms with Gasteiger partial charge in [-0.1, -0.05) is 6.92 Å². The summed E-state index contributed by atoms with van der Waals surface area (Å²) in [5.74, 6) is -0.0489. The lowest BCUT2D eigenvalue weighted by molar-refractivity contribution is -0.141. The third-order valence-corrected chi connectivity index (χ3v) is 3.76. The molecule has 0 aromatic carbocycles. The van der Waals surface area contributed by atoms with Crippen LogP contribution < -0.4 is 10.6 Å². The van der Waals surface area contributed by atoms with Gasteiger partial charge in [-0.3, -0.25) is 4.79 Å². The van der Waals surface area contributed by atoms with E-state index in [9.17, 15) is 18.0 Å². The number of halogens is 3. The molecule has 21 heavy (non-hydrogen) atoms. The summed E-state index contributed by atoms with van der Waals surface area (Å²) in [5, 5.41) is 6.05. The largest absolute Gasteiger partial charge is 0.433 e. The molecule has 2 atom stereocenters. The summed E-state index contributed by atoms with van der Waals surface area (Å²) in [7, 11) is 0. The Hall–Kier alpha value is -1.63. The average molecular weight is 301 g/mol. The fourth-order valence-electron chi connectivity index (χ4n) is 2.39. The van der Waals surface area contributed by atoms with Crippen LogP contribution in [-0.2, 0) is 6.18 Å². The summed E-state index contributed by atoms with van der Waals surface area (Å²) in [6.07, 6.45) is -3.54. The lowest BCUT2D eigenvalue weighted by Crippen LogP contribution is -2.50. The van der Waals surface area contributed by atoms with Crippen LogP contribution in [0, 0.1) is 12.8 Å². The maximum Gasteiger partial charge on any atom is 0.433 e. The van der Waals surface area contributed by atoms with Gasteiger partial charge in [0, 0.05) is 12.6 Å². The molecule has 4 nitrogen and oxygen atoms in total. The van der Waals surface area contributed by atoms with E-state index in [1.807, 2.05) is 6.92 Å². The standard InChI is InChI=1S/C14H18F3N3O/c1-8-5-6-18-7-11(8)20-13(21)10-3-4-12(14(15,16)17)19-9(10)2/h3-4,8,11,18H,5-7H2,1-2H3,(H,20,21). The van der Waals surface area contributed by atoms with Crippen molar-refractivity contribution >= 4 is 5.91 Å². The predicted molar refractivity (Wildman–Crippen MR) is 71.9 cm³/mol. The number of hydrogen-bond donors (Lipinski definition) is 2. The van der Waals surface area contributed by atoms with Crippen LogP contribution in [0.5, 0.6) is 0 Å². The number of carbonyl (C=O) groups excluding carboxylic acids is 1. The zero-order valence-corrected chi connectivity index (χ0v) is 11.9. The second-order valence-electron chi connectivity index (χ2n) is 5.38. The third-order valence-electron chi connectivity index (χ3n) is 3.76. The van der Waals surface area contributed by atoms with E-state index in [1.54, 1.807) is 0 Å². The van der Waals surface area contributed by atoms with Crippen LogP contribution in [0.2, 0.25) is 0 Å². The van der Waals surface area contributed by atoms with Gasteiger partial charge >= 0.3 is 6.18 Å². The summed E-state index contributed by atoms with van der Waals surface area (Å²) in [6, 6.07) is 2.00. The van der Waals surface area contributed by atoms with E-state index >= 15 is 0 Å². The number of pyridine rings is 1. The smallest absolute Gasteiger partial charge is 0.348 e. The van der Waals surface area contributed by atoms with Crippen LogP contribution in [-0.4, -0.2) is 30.0 Å². The van der Waals surface area contributed by atoms with E-state index in [2.05, 4.69) is 15.6 Å². The Morgan fingerprint density at radius 3 is 2.71 bits per heavy atom.